The van der Waals surface area contributed by atoms with Gasteiger partial charge in [-0.1, -0.05) is 44.2 Å². The van der Waals surface area contributed by atoms with Crippen LogP contribution in [0.25, 0.3) is 10.7 Å². The normalized spacial score (nSPS) is 11.0. The molecular weight excluding hydrogens is 368 g/mol. The highest BCUT2D eigenvalue weighted by Crippen LogP contribution is 2.21. The van der Waals surface area contributed by atoms with Crippen molar-refractivity contribution in [2.45, 2.75) is 33.4 Å². The van der Waals surface area contributed by atoms with E-state index >= 15 is 0 Å². The quantitative estimate of drug-likeness (QED) is 0.598. The van der Waals surface area contributed by atoms with Crippen LogP contribution in [0.5, 0.6) is 0 Å². The molecule has 0 aliphatic carbocycles. The first-order valence-corrected chi connectivity index (χ1v) is 10.5. The molecule has 28 heavy (non-hydrogen) atoms. The number of aromatic nitrogens is 2. The van der Waals surface area contributed by atoms with Crippen LogP contribution in [-0.2, 0) is 24.3 Å². The van der Waals surface area contributed by atoms with Gasteiger partial charge in [0, 0.05) is 24.7 Å². The molecule has 2 aromatic heterocycles. The van der Waals surface area contributed by atoms with E-state index in [1.807, 2.05) is 23.6 Å². The summed E-state index contributed by atoms with van der Waals surface area (Å²) in [6.07, 6.45) is 2.03. The Balaban J connectivity index is 1.49. The number of hydrogen-bond acceptors (Lipinski definition) is 5. The molecule has 0 aliphatic heterocycles. The van der Waals surface area contributed by atoms with Gasteiger partial charge in [0.1, 0.15) is 5.01 Å². The Morgan fingerprint density at radius 3 is 2.50 bits per heavy atom. The van der Waals surface area contributed by atoms with E-state index in [9.17, 15) is 4.79 Å². The van der Waals surface area contributed by atoms with E-state index in [2.05, 4.69) is 58.3 Å². The molecule has 2 heterocycles. The van der Waals surface area contributed by atoms with Gasteiger partial charge >= 0.3 is 0 Å². The standard InChI is InChI=1S/C22H26N4OS/c1-3-26(4-2)15-18-10-8-17(9-11-18)14-24-21(27)13-19-16-28-22(25-19)20-7-5-6-12-23-20/h5-12,16H,3-4,13-15H2,1-2H3,(H,24,27). The Morgan fingerprint density at radius 1 is 1.07 bits per heavy atom. The van der Waals surface area contributed by atoms with Gasteiger partial charge in [0.25, 0.3) is 0 Å². The Kier molecular flexibility index (Phi) is 7.28. The first kappa shape index (κ1) is 20.2. The van der Waals surface area contributed by atoms with Gasteiger partial charge in [0.15, 0.2) is 0 Å². The summed E-state index contributed by atoms with van der Waals surface area (Å²) in [6, 6.07) is 14.2. The number of nitrogens with zero attached hydrogens (tertiary/aromatic N) is 3. The van der Waals surface area contributed by atoms with Crippen molar-refractivity contribution in [3.8, 4) is 10.7 Å². The Morgan fingerprint density at radius 2 is 1.82 bits per heavy atom. The lowest BCUT2D eigenvalue weighted by Gasteiger charge is -2.18. The topological polar surface area (TPSA) is 58.1 Å². The molecular formula is C22H26N4OS. The lowest BCUT2D eigenvalue weighted by atomic mass is 10.1. The fraction of sp³-hybridized carbons (Fsp3) is 0.318. The SMILES string of the molecule is CCN(CC)Cc1ccc(CNC(=O)Cc2csc(-c3ccccn3)n2)cc1. The third-order valence-electron chi connectivity index (χ3n) is 4.59. The first-order chi connectivity index (χ1) is 13.7. The number of hydrogen-bond donors (Lipinski definition) is 1. The molecule has 0 saturated heterocycles. The van der Waals surface area contributed by atoms with E-state index in [4.69, 9.17) is 0 Å². The lowest BCUT2D eigenvalue weighted by molar-refractivity contribution is -0.120. The largest absolute Gasteiger partial charge is 0.352 e. The van der Waals surface area contributed by atoms with Crippen molar-refractivity contribution >= 4 is 17.2 Å². The summed E-state index contributed by atoms with van der Waals surface area (Å²) >= 11 is 1.51. The van der Waals surface area contributed by atoms with Crippen molar-refractivity contribution in [2.24, 2.45) is 0 Å². The molecule has 0 aliphatic rings. The fourth-order valence-corrected chi connectivity index (χ4v) is 3.69. The highest BCUT2D eigenvalue weighted by molar-refractivity contribution is 7.13. The van der Waals surface area contributed by atoms with Gasteiger partial charge in [0.05, 0.1) is 17.8 Å². The lowest BCUT2D eigenvalue weighted by Crippen LogP contribution is -2.24. The summed E-state index contributed by atoms with van der Waals surface area (Å²) < 4.78 is 0. The van der Waals surface area contributed by atoms with E-state index in [0.29, 0.717) is 6.54 Å². The van der Waals surface area contributed by atoms with Crippen molar-refractivity contribution in [2.75, 3.05) is 13.1 Å². The van der Waals surface area contributed by atoms with Gasteiger partial charge in [0.2, 0.25) is 5.91 Å². The van der Waals surface area contributed by atoms with Crippen LogP contribution in [0.1, 0.15) is 30.7 Å². The minimum Gasteiger partial charge on any atom is -0.352 e. The fourth-order valence-electron chi connectivity index (χ4n) is 2.89. The smallest absolute Gasteiger partial charge is 0.226 e. The average molecular weight is 395 g/mol. The zero-order valence-corrected chi connectivity index (χ0v) is 17.2. The molecule has 0 atom stereocenters. The summed E-state index contributed by atoms with van der Waals surface area (Å²) in [5.41, 5.74) is 4.01. The molecule has 0 fully saturated rings. The van der Waals surface area contributed by atoms with Crippen molar-refractivity contribution in [3.05, 3.63) is 70.9 Å². The van der Waals surface area contributed by atoms with Gasteiger partial charge in [-0.25, -0.2) is 4.98 Å². The number of thiazole rings is 1. The van der Waals surface area contributed by atoms with E-state index in [0.717, 1.165) is 41.6 Å². The number of benzene rings is 1. The molecule has 0 unspecified atom stereocenters. The third-order valence-corrected chi connectivity index (χ3v) is 5.50. The molecule has 0 radical (unpaired) electrons. The molecule has 0 saturated carbocycles. The summed E-state index contributed by atoms with van der Waals surface area (Å²) in [5, 5.41) is 5.74. The van der Waals surface area contributed by atoms with Crippen LogP contribution >= 0.6 is 11.3 Å². The van der Waals surface area contributed by atoms with Crippen LogP contribution in [0.2, 0.25) is 0 Å². The summed E-state index contributed by atoms with van der Waals surface area (Å²) in [6.45, 7) is 7.94. The predicted octanol–water partition coefficient (Wildman–Crippen LogP) is 3.91. The molecule has 1 N–H and O–H groups in total. The minimum atomic E-state index is -0.0231. The Hall–Kier alpha value is -2.57. The van der Waals surface area contributed by atoms with Crippen molar-refractivity contribution < 1.29 is 4.79 Å². The maximum Gasteiger partial charge on any atom is 0.226 e. The monoisotopic (exact) mass is 394 g/mol. The molecule has 3 aromatic rings. The highest BCUT2D eigenvalue weighted by Gasteiger charge is 2.09. The molecule has 3 rings (SSSR count). The van der Waals surface area contributed by atoms with Gasteiger partial charge in [-0.2, -0.15) is 0 Å². The first-order valence-electron chi connectivity index (χ1n) is 9.60. The van der Waals surface area contributed by atoms with Crippen molar-refractivity contribution in [1.29, 1.82) is 0 Å². The molecule has 5 nitrogen and oxygen atoms in total. The number of carbonyl (C=O) groups is 1. The van der Waals surface area contributed by atoms with E-state index in [1.165, 1.54) is 16.9 Å². The zero-order valence-electron chi connectivity index (χ0n) is 16.4. The summed E-state index contributed by atoms with van der Waals surface area (Å²) in [5.74, 6) is -0.0231. The zero-order chi connectivity index (χ0) is 19.8. The number of carbonyl (C=O) groups excluding carboxylic acids is 1. The van der Waals surface area contributed by atoms with Gasteiger partial charge < -0.3 is 5.32 Å². The molecule has 146 valence electrons. The molecule has 0 spiro atoms. The van der Waals surface area contributed by atoms with Gasteiger partial charge in [-0.3, -0.25) is 14.7 Å². The van der Waals surface area contributed by atoms with Crippen LogP contribution in [-0.4, -0.2) is 33.9 Å². The van der Waals surface area contributed by atoms with Crippen molar-refractivity contribution in [1.82, 2.24) is 20.2 Å². The summed E-state index contributed by atoms with van der Waals surface area (Å²) in [4.78, 5) is 23.5. The van der Waals surface area contributed by atoms with E-state index in [-0.39, 0.29) is 12.3 Å². The third kappa shape index (κ3) is 5.71. The Labute approximate surface area is 170 Å². The summed E-state index contributed by atoms with van der Waals surface area (Å²) in [7, 11) is 0. The minimum absolute atomic E-state index is 0.0231. The number of amides is 1. The highest BCUT2D eigenvalue weighted by atomic mass is 32.1. The Bertz CT molecular complexity index is 873. The molecule has 1 aromatic carbocycles. The van der Waals surface area contributed by atoms with Crippen LogP contribution in [0, 0.1) is 0 Å². The average Bonchev–Trinajstić information content (AvgIpc) is 3.20. The van der Waals surface area contributed by atoms with E-state index < -0.39 is 0 Å². The second kappa shape index (κ2) is 10.1. The molecule has 0 bridgehead atoms. The maximum absolute atomic E-state index is 12.3. The van der Waals surface area contributed by atoms with Crippen LogP contribution in [0.3, 0.4) is 0 Å². The maximum atomic E-state index is 12.3. The van der Waals surface area contributed by atoms with Gasteiger partial charge in [-0.05, 0) is 36.3 Å². The number of pyridine rings is 1. The number of rotatable bonds is 9. The second-order valence-electron chi connectivity index (χ2n) is 6.59. The van der Waals surface area contributed by atoms with Crippen LogP contribution in [0.15, 0.2) is 54.0 Å². The second-order valence-corrected chi connectivity index (χ2v) is 7.45. The van der Waals surface area contributed by atoms with Crippen LogP contribution < -0.4 is 5.32 Å². The van der Waals surface area contributed by atoms with Crippen molar-refractivity contribution in [3.63, 3.8) is 0 Å². The predicted molar refractivity (Wildman–Crippen MR) is 114 cm³/mol. The molecule has 1 amide bonds. The van der Waals surface area contributed by atoms with E-state index in [1.54, 1.807) is 6.20 Å². The van der Waals surface area contributed by atoms with Crippen LogP contribution in [0.4, 0.5) is 0 Å². The molecule has 6 heteroatoms. The van der Waals surface area contributed by atoms with Gasteiger partial charge in [-0.15, -0.1) is 11.3 Å². The number of nitrogens with one attached hydrogen (secondary N) is 1.